The van der Waals surface area contributed by atoms with Crippen molar-refractivity contribution >= 4 is 28.5 Å². The highest BCUT2D eigenvalue weighted by Crippen LogP contribution is 2.41. The van der Waals surface area contributed by atoms with Crippen LogP contribution in [-0.4, -0.2) is 15.3 Å². The summed E-state index contributed by atoms with van der Waals surface area (Å²) in [6, 6.07) is 23.9. The van der Waals surface area contributed by atoms with Gasteiger partial charge in [-0.1, -0.05) is 124 Å². The van der Waals surface area contributed by atoms with Crippen LogP contribution in [0, 0.1) is 19.8 Å². The van der Waals surface area contributed by atoms with Gasteiger partial charge in [-0.05, 0) is 113 Å². The molecule has 4 aromatic carbocycles. The fourth-order valence-electron chi connectivity index (χ4n) is 6.02. The molecule has 0 aliphatic rings. The number of hydrogen-bond acceptors (Lipinski definition) is 3. The summed E-state index contributed by atoms with van der Waals surface area (Å²) in [5.74, 6) is -1.46. The lowest BCUT2D eigenvalue weighted by atomic mass is 9.83. The minimum absolute atomic E-state index is 0.0987. The van der Waals surface area contributed by atoms with Crippen LogP contribution in [0.25, 0.3) is 50.8 Å². The van der Waals surface area contributed by atoms with Crippen LogP contribution in [0.3, 0.4) is 0 Å². The van der Waals surface area contributed by atoms with Crippen LogP contribution in [0.15, 0.2) is 121 Å². The third-order valence-corrected chi connectivity index (χ3v) is 8.53. The van der Waals surface area contributed by atoms with E-state index in [1.807, 2.05) is 25.2 Å². The number of aryl methyl sites for hydroxylation is 2. The minimum Gasteiger partial charge on any atom is -0.502 e. The van der Waals surface area contributed by atoms with Crippen molar-refractivity contribution in [3.63, 3.8) is 0 Å². The zero-order valence-electron chi connectivity index (χ0n) is 27.2. The molecule has 3 nitrogen and oxygen atoms in total. The van der Waals surface area contributed by atoms with Gasteiger partial charge in [0.15, 0.2) is 5.76 Å². The fraction of sp³-hybridized carbons (Fsp3) is 0.190. The van der Waals surface area contributed by atoms with E-state index in [1.54, 1.807) is 13.0 Å². The van der Waals surface area contributed by atoms with Gasteiger partial charge >= 0.3 is 5.95 Å². The Kier molecular flexibility index (Phi) is 10.7. The monoisotopic (exact) mass is 596 g/mol. The number of benzene rings is 4. The van der Waals surface area contributed by atoms with Crippen molar-refractivity contribution in [3.8, 4) is 22.3 Å². The quantitative estimate of drug-likeness (QED) is 0.126. The standard InChI is InChI=1S/C42H44O3/c1-8-11-13-17-33-26-38(32-22-23-35(29(6)25-32)39(27(4)10-3)30(7)41(43)42(44)45)36-18-14-15-19-37(36)40(33)34-21-20-31(16-12-9-2)28(5)24-34/h8-9,11-27,43-45H,2,10H2,1,3-7H3/b11-8-,16-12-,17-13-,39-30+. The molecule has 4 aromatic rings. The lowest BCUT2D eigenvalue weighted by molar-refractivity contribution is 0.161. The maximum Gasteiger partial charge on any atom is 0.318 e. The second-order valence-corrected chi connectivity index (χ2v) is 11.5. The first-order valence-electron chi connectivity index (χ1n) is 15.5. The molecule has 3 N–H and O–H groups in total. The van der Waals surface area contributed by atoms with Crippen molar-refractivity contribution in [1.82, 2.24) is 0 Å². The first-order valence-corrected chi connectivity index (χ1v) is 15.5. The van der Waals surface area contributed by atoms with Crippen molar-refractivity contribution in [1.29, 1.82) is 0 Å². The molecule has 230 valence electrons. The molecule has 0 bridgehead atoms. The van der Waals surface area contributed by atoms with E-state index >= 15 is 0 Å². The third kappa shape index (κ3) is 7.05. The number of aliphatic hydroxyl groups excluding tert-OH is 2. The number of aliphatic hydroxyl groups is 3. The van der Waals surface area contributed by atoms with Gasteiger partial charge in [-0.2, -0.15) is 0 Å². The zero-order valence-corrected chi connectivity index (χ0v) is 27.2. The van der Waals surface area contributed by atoms with E-state index in [4.69, 9.17) is 0 Å². The van der Waals surface area contributed by atoms with Crippen molar-refractivity contribution < 1.29 is 15.3 Å². The number of rotatable bonds is 10. The Balaban J connectivity index is 1.98. The molecule has 0 fully saturated rings. The molecule has 45 heavy (non-hydrogen) atoms. The van der Waals surface area contributed by atoms with E-state index in [9.17, 15) is 15.3 Å². The van der Waals surface area contributed by atoms with Crippen molar-refractivity contribution in [2.75, 3.05) is 0 Å². The van der Waals surface area contributed by atoms with E-state index in [0.29, 0.717) is 5.57 Å². The molecule has 0 aromatic heterocycles. The Labute approximate surface area is 268 Å². The van der Waals surface area contributed by atoms with Crippen LogP contribution in [0.1, 0.15) is 61.9 Å². The molecule has 0 amide bonds. The molecular formula is C42H44O3. The molecule has 1 unspecified atom stereocenters. The molecule has 0 aliphatic heterocycles. The lowest BCUT2D eigenvalue weighted by Gasteiger charge is -2.21. The Hall–Kier alpha value is -5.02. The van der Waals surface area contributed by atoms with Crippen LogP contribution in [0.2, 0.25) is 0 Å². The molecule has 0 aliphatic carbocycles. The van der Waals surface area contributed by atoms with Crippen LogP contribution in [0.4, 0.5) is 0 Å². The fourth-order valence-corrected chi connectivity index (χ4v) is 6.02. The second kappa shape index (κ2) is 14.6. The number of fused-ring (bicyclic) bond motifs is 1. The summed E-state index contributed by atoms with van der Waals surface area (Å²) >= 11 is 0. The Morgan fingerprint density at radius 2 is 1.47 bits per heavy atom. The van der Waals surface area contributed by atoms with Crippen LogP contribution in [-0.2, 0) is 0 Å². The maximum absolute atomic E-state index is 10.4. The Bertz CT molecular complexity index is 1870. The highest BCUT2D eigenvalue weighted by Gasteiger charge is 2.20. The smallest absolute Gasteiger partial charge is 0.318 e. The molecule has 0 spiro atoms. The summed E-state index contributed by atoms with van der Waals surface area (Å²) < 4.78 is 0. The predicted octanol–water partition coefficient (Wildman–Crippen LogP) is 12.2. The van der Waals surface area contributed by atoms with E-state index < -0.39 is 11.7 Å². The van der Waals surface area contributed by atoms with Gasteiger partial charge in [0.1, 0.15) is 0 Å². The summed E-state index contributed by atoms with van der Waals surface area (Å²) in [4.78, 5) is 0. The van der Waals surface area contributed by atoms with Gasteiger partial charge in [0.2, 0.25) is 0 Å². The second-order valence-electron chi connectivity index (χ2n) is 11.5. The molecule has 0 saturated carbocycles. The first-order chi connectivity index (χ1) is 21.6. The SMILES string of the molecule is C=C/C=C\c1ccc(-c2c(/C=C\C=C/C)cc(-c3ccc(/C(=C(\C)C(O)=C(O)O)C(C)CC)c(C)c3)c3ccccc23)cc1C. The molecule has 0 radical (unpaired) electrons. The molecule has 0 heterocycles. The molecular weight excluding hydrogens is 552 g/mol. The van der Waals surface area contributed by atoms with Gasteiger partial charge in [0, 0.05) is 5.57 Å². The molecule has 4 rings (SSSR count). The van der Waals surface area contributed by atoms with Gasteiger partial charge in [0.25, 0.3) is 0 Å². The lowest BCUT2D eigenvalue weighted by Crippen LogP contribution is -2.05. The minimum atomic E-state index is -1.06. The zero-order chi connectivity index (χ0) is 32.7. The van der Waals surface area contributed by atoms with Crippen molar-refractivity contribution in [3.05, 3.63) is 149 Å². The van der Waals surface area contributed by atoms with Gasteiger partial charge in [-0.3, -0.25) is 0 Å². The summed E-state index contributed by atoms with van der Waals surface area (Å²) in [5, 5.41) is 32.0. The van der Waals surface area contributed by atoms with Gasteiger partial charge in [-0.25, -0.2) is 0 Å². The number of hydrogen-bond donors (Lipinski definition) is 3. The van der Waals surface area contributed by atoms with Crippen molar-refractivity contribution in [2.24, 2.45) is 5.92 Å². The van der Waals surface area contributed by atoms with E-state index in [1.165, 1.54) is 22.1 Å². The van der Waals surface area contributed by atoms with Crippen LogP contribution >= 0.6 is 0 Å². The van der Waals surface area contributed by atoms with Gasteiger partial charge < -0.3 is 15.3 Å². The summed E-state index contributed by atoms with van der Waals surface area (Å²) in [5.41, 5.74) is 11.5. The van der Waals surface area contributed by atoms with Crippen molar-refractivity contribution in [2.45, 2.75) is 48.0 Å². The third-order valence-electron chi connectivity index (χ3n) is 8.53. The van der Waals surface area contributed by atoms with Gasteiger partial charge in [-0.15, -0.1) is 0 Å². The van der Waals surface area contributed by atoms with E-state index in [0.717, 1.165) is 50.8 Å². The normalized spacial score (nSPS) is 13.1. The molecule has 3 heteroatoms. The Morgan fingerprint density at radius 1 is 0.800 bits per heavy atom. The average molecular weight is 597 g/mol. The highest BCUT2D eigenvalue weighted by atomic mass is 16.5. The van der Waals surface area contributed by atoms with E-state index in [-0.39, 0.29) is 5.92 Å². The topological polar surface area (TPSA) is 60.7 Å². The average Bonchev–Trinajstić information content (AvgIpc) is 3.04. The van der Waals surface area contributed by atoms with Crippen LogP contribution < -0.4 is 0 Å². The number of allylic oxidation sites excluding steroid dienone is 7. The highest BCUT2D eigenvalue weighted by molar-refractivity contribution is 6.08. The summed E-state index contributed by atoms with van der Waals surface area (Å²) in [6.07, 6.45) is 15.0. The molecule has 1 atom stereocenters. The maximum atomic E-state index is 10.4. The largest absolute Gasteiger partial charge is 0.502 e. The van der Waals surface area contributed by atoms with E-state index in [2.05, 4.69) is 119 Å². The Morgan fingerprint density at radius 3 is 2.09 bits per heavy atom. The molecule has 0 saturated heterocycles. The first kappa shape index (κ1) is 32.9. The summed E-state index contributed by atoms with van der Waals surface area (Å²) in [6.45, 7) is 15.9. The van der Waals surface area contributed by atoms with Gasteiger partial charge in [0.05, 0.1) is 0 Å². The predicted molar refractivity (Wildman–Crippen MR) is 194 cm³/mol. The summed E-state index contributed by atoms with van der Waals surface area (Å²) in [7, 11) is 0. The van der Waals surface area contributed by atoms with Crippen LogP contribution in [0.5, 0.6) is 0 Å².